The summed E-state index contributed by atoms with van der Waals surface area (Å²) < 4.78 is 18.0. The van der Waals surface area contributed by atoms with E-state index in [9.17, 15) is 19.6 Å². The van der Waals surface area contributed by atoms with E-state index in [1.807, 2.05) is 0 Å². The van der Waals surface area contributed by atoms with Crippen LogP contribution in [-0.2, 0) is 23.9 Å². The average Bonchev–Trinajstić information content (AvgIpc) is 3.46. The fourth-order valence-corrected chi connectivity index (χ4v) is 8.67. The highest BCUT2D eigenvalue weighted by Gasteiger charge is 2.69. The summed E-state index contributed by atoms with van der Waals surface area (Å²) in [5.74, 6) is 0.369. The maximum absolute atomic E-state index is 13.7. The molecule has 1 aliphatic heterocycles. The van der Waals surface area contributed by atoms with Gasteiger partial charge in [-0.3, -0.25) is 14.4 Å². The SMILES string of the molecule is C=C1OC2C3CC(C2OC(=O)C24CC5CC(C2)C(=O)C(C5)C4)C(C(=O)Oc2ccc([NH2+][O-])cc2)C13.[I-]. The second-order valence-corrected chi connectivity index (χ2v) is 11.7. The molecule has 0 amide bonds. The highest BCUT2D eigenvalue weighted by molar-refractivity contribution is 5.90. The van der Waals surface area contributed by atoms with Gasteiger partial charge in [0.1, 0.15) is 29.4 Å². The number of ether oxygens (including phenoxy) is 3. The quantitative estimate of drug-likeness (QED) is 0.156. The Bertz CT molecular complexity index is 1120. The summed E-state index contributed by atoms with van der Waals surface area (Å²) >= 11 is 0. The van der Waals surface area contributed by atoms with Crippen LogP contribution in [0.2, 0.25) is 0 Å². The summed E-state index contributed by atoms with van der Waals surface area (Å²) in [6.07, 6.45) is 3.77. The molecule has 0 aromatic heterocycles. The first-order chi connectivity index (χ1) is 16.9. The van der Waals surface area contributed by atoms with Crippen LogP contribution in [-0.4, -0.2) is 29.9 Å². The van der Waals surface area contributed by atoms with E-state index in [2.05, 4.69) is 6.58 Å². The molecule has 8 atom stereocenters. The van der Waals surface area contributed by atoms with Gasteiger partial charge in [0, 0.05) is 41.7 Å². The van der Waals surface area contributed by atoms with E-state index in [0.717, 1.165) is 31.2 Å². The standard InChI is InChI=1S/C27H29NO7.HI/c1-12-20-18-8-19(21(20)25(30)34-17-4-2-16(28-32)3-5-17)24(23(18)33-12)35-26(31)27-9-13-6-14(10-27)22(29)15(7-13)11-27;/h2-5,13-15,18-21,23-24H,1,6-11,28H2;1H/p-1. The second kappa shape index (κ2) is 8.52. The molecule has 1 heterocycles. The van der Waals surface area contributed by atoms with Crippen LogP contribution in [0.25, 0.3) is 0 Å². The van der Waals surface area contributed by atoms with Crippen LogP contribution in [0.15, 0.2) is 36.6 Å². The average molecular weight is 606 g/mol. The van der Waals surface area contributed by atoms with Crippen LogP contribution in [0.4, 0.5) is 5.69 Å². The summed E-state index contributed by atoms with van der Waals surface area (Å²) in [6.45, 7) is 4.07. The number of quaternary nitrogens is 1. The summed E-state index contributed by atoms with van der Waals surface area (Å²) in [5, 5.41) is 10.9. The number of rotatable bonds is 5. The lowest BCUT2D eigenvalue weighted by Crippen LogP contribution is -3.00. The van der Waals surface area contributed by atoms with E-state index in [4.69, 9.17) is 14.2 Å². The minimum atomic E-state index is -0.572. The van der Waals surface area contributed by atoms with Crippen LogP contribution in [0, 0.1) is 52.0 Å². The van der Waals surface area contributed by atoms with Gasteiger partial charge in [0.2, 0.25) is 0 Å². The number of hydrogen-bond donors (Lipinski definition) is 1. The zero-order valence-electron chi connectivity index (χ0n) is 19.8. The number of hydrogen-bond acceptors (Lipinski definition) is 7. The van der Waals surface area contributed by atoms with Crippen LogP contribution in [0.5, 0.6) is 5.75 Å². The van der Waals surface area contributed by atoms with Gasteiger partial charge >= 0.3 is 11.9 Å². The van der Waals surface area contributed by atoms with E-state index < -0.39 is 17.4 Å². The Morgan fingerprint density at radius 2 is 1.75 bits per heavy atom. The van der Waals surface area contributed by atoms with E-state index in [1.54, 1.807) is 24.3 Å². The molecule has 6 saturated carbocycles. The summed E-state index contributed by atoms with van der Waals surface area (Å²) in [6, 6.07) is 6.41. The fourth-order valence-electron chi connectivity index (χ4n) is 8.67. The first-order valence-electron chi connectivity index (χ1n) is 12.7. The Balaban J connectivity index is 0.00000240. The number of allylic oxidation sites excluding steroid dienone is 1. The van der Waals surface area contributed by atoms with Crippen molar-refractivity contribution < 1.29 is 58.1 Å². The van der Waals surface area contributed by atoms with Gasteiger partial charge in [0.15, 0.2) is 0 Å². The van der Waals surface area contributed by atoms with Gasteiger partial charge in [-0.05, 0) is 56.6 Å². The predicted molar refractivity (Wildman–Crippen MR) is 120 cm³/mol. The molecule has 1 saturated heterocycles. The molecular weight excluding hydrogens is 577 g/mol. The van der Waals surface area contributed by atoms with Gasteiger partial charge in [0.05, 0.1) is 17.1 Å². The molecule has 1 aromatic carbocycles. The third kappa shape index (κ3) is 3.41. The largest absolute Gasteiger partial charge is 1.00 e. The highest BCUT2D eigenvalue weighted by atomic mass is 127. The van der Waals surface area contributed by atoms with Crippen molar-refractivity contribution >= 4 is 23.4 Å². The van der Waals surface area contributed by atoms with Gasteiger partial charge in [-0.1, -0.05) is 6.58 Å². The van der Waals surface area contributed by atoms with Crippen LogP contribution < -0.4 is 34.2 Å². The molecular formula is C27H29INO7-. The number of fused-ring (bicyclic) bond motifs is 1. The molecule has 36 heavy (non-hydrogen) atoms. The number of nitrogens with two attached hydrogens (primary N) is 1. The van der Waals surface area contributed by atoms with Crippen molar-refractivity contribution in [3.05, 3.63) is 41.8 Å². The molecule has 0 radical (unpaired) electrons. The molecule has 8 rings (SSSR count). The predicted octanol–water partition coefficient (Wildman–Crippen LogP) is -0.609. The number of benzene rings is 1. The first kappa shape index (κ1) is 24.4. The third-order valence-electron chi connectivity index (χ3n) is 9.86. The lowest BCUT2D eigenvalue weighted by molar-refractivity contribution is -0.497. The molecule has 7 aliphatic rings. The number of Topliss-reactive ketones (excluding diaryl/α,β-unsaturated/α-hetero) is 1. The number of halogens is 1. The second-order valence-electron chi connectivity index (χ2n) is 11.7. The van der Waals surface area contributed by atoms with Gasteiger partial charge in [0.25, 0.3) is 0 Å². The minimum Gasteiger partial charge on any atom is -1.00 e. The molecule has 6 aliphatic carbocycles. The highest BCUT2D eigenvalue weighted by Crippen LogP contribution is 2.63. The Morgan fingerprint density at radius 1 is 1.06 bits per heavy atom. The van der Waals surface area contributed by atoms with E-state index >= 15 is 0 Å². The maximum Gasteiger partial charge on any atom is 0.315 e. The monoisotopic (exact) mass is 606 g/mol. The molecule has 6 bridgehead atoms. The molecule has 8 unspecified atom stereocenters. The topological polar surface area (TPSA) is 119 Å². The summed E-state index contributed by atoms with van der Waals surface area (Å²) in [5.41, 5.74) is 0.668. The molecule has 1 aromatic rings. The summed E-state index contributed by atoms with van der Waals surface area (Å²) in [7, 11) is 0. The lowest BCUT2D eigenvalue weighted by atomic mass is 9.49. The van der Waals surface area contributed by atoms with Gasteiger partial charge < -0.3 is 48.9 Å². The van der Waals surface area contributed by atoms with Crippen molar-refractivity contribution in [3.8, 4) is 5.75 Å². The Labute approximate surface area is 226 Å². The number of carbonyl (C=O) groups excluding carboxylic acids is 3. The Kier molecular flexibility index (Phi) is 5.77. The third-order valence-corrected chi connectivity index (χ3v) is 9.86. The van der Waals surface area contributed by atoms with Gasteiger partial charge in [-0.2, -0.15) is 0 Å². The number of carbonyl (C=O) groups is 3. The minimum absolute atomic E-state index is 0. The molecule has 7 fully saturated rings. The van der Waals surface area contributed by atoms with Crippen molar-refractivity contribution in [1.82, 2.24) is 0 Å². The zero-order valence-corrected chi connectivity index (χ0v) is 21.9. The van der Waals surface area contributed by atoms with Crippen molar-refractivity contribution in [2.45, 2.75) is 50.7 Å². The van der Waals surface area contributed by atoms with E-state index in [1.165, 1.54) is 0 Å². The van der Waals surface area contributed by atoms with E-state index in [-0.39, 0.29) is 71.6 Å². The molecule has 192 valence electrons. The Hall–Kier alpha value is -1.98. The first-order valence-corrected chi connectivity index (χ1v) is 12.7. The van der Waals surface area contributed by atoms with E-state index in [0.29, 0.717) is 41.7 Å². The van der Waals surface area contributed by atoms with Crippen LogP contribution >= 0.6 is 0 Å². The van der Waals surface area contributed by atoms with Crippen molar-refractivity contribution in [2.24, 2.45) is 46.8 Å². The molecule has 9 heteroatoms. The van der Waals surface area contributed by atoms with Crippen molar-refractivity contribution in [3.63, 3.8) is 0 Å². The van der Waals surface area contributed by atoms with Gasteiger partial charge in [-0.25, -0.2) is 0 Å². The maximum atomic E-state index is 13.7. The lowest BCUT2D eigenvalue weighted by Gasteiger charge is -2.54. The van der Waals surface area contributed by atoms with Crippen LogP contribution in [0.3, 0.4) is 0 Å². The fraction of sp³-hybridized carbons (Fsp3) is 0.593. The summed E-state index contributed by atoms with van der Waals surface area (Å²) in [4.78, 5) is 39.6. The molecule has 2 N–H and O–H groups in total. The van der Waals surface area contributed by atoms with Crippen LogP contribution in [0.1, 0.15) is 38.5 Å². The normalized spacial score (nSPS) is 42.8. The zero-order chi connectivity index (χ0) is 24.1. The van der Waals surface area contributed by atoms with Gasteiger partial charge in [-0.15, -0.1) is 0 Å². The molecule has 0 spiro atoms. The Morgan fingerprint density at radius 3 is 2.42 bits per heavy atom. The van der Waals surface area contributed by atoms with Crippen molar-refractivity contribution in [2.75, 3.05) is 0 Å². The number of esters is 2. The number of ketones is 1. The smallest absolute Gasteiger partial charge is 0.315 e. The molecule has 8 nitrogen and oxygen atoms in total. The van der Waals surface area contributed by atoms with Crippen molar-refractivity contribution in [1.29, 1.82) is 0 Å².